The van der Waals surface area contributed by atoms with Gasteiger partial charge in [0.25, 0.3) is 0 Å². The molecule has 2 unspecified atom stereocenters. The number of aliphatic hydroxyl groups is 1. The van der Waals surface area contributed by atoms with Gasteiger partial charge in [-0.05, 0) is 50.3 Å². The third-order valence-corrected chi connectivity index (χ3v) is 3.66. The van der Waals surface area contributed by atoms with Crippen molar-refractivity contribution in [3.63, 3.8) is 0 Å². The first kappa shape index (κ1) is 12.9. The van der Waals surface area contributed by atoms with E-state index in [4.69, 9.17) is 16.3 Å². The van der Waals surface area contributed by atoms with E-state index in [1.807, 2.05) is 31.2 Å². The summed E-state index contributed by atoms with van der Waals surface area (Å²) < 4.78 is 5.57. The molecule has 3 heteroatoms. The van der Waals surface area contributed by atoms with Crippen LogP contribution in [0.25, 0.3) is 0 Å². The van der Waals surface area contributed by atoms with Crippen molar-refractivity contribution in [2.75, 3.05) is 6.61 Å². The second-order valence-electron chi connectivity index (χ2n) is 4.96. The van der Waals surface area contributed by atoms with Crippen LogP contribution in [0.1, 0.15) is 38.2 Å². The summed E-state index contributed by atoms with van der Waals surface area (Å²) >= 11 is 5.94. The van der Waals surface area contributed by atoms with Crippen LogP contribution in [0.2, 0.25) is 5.02 Å². The largest absolute Gasteiger partial charge is 0.385 e. The zero-order valence-electron chi connectivity index (χ0n) is 10.2. The van der Waals surface area contributed by atoms with Crippen LogP contribution in [0, 0.1) is 0 Å². The lowest BCUT2D eigenvalue weighted by Gasteiger charge is -2.25. The molecule has 17 heavy (non-hydrogen) atoms. The van der Waals surface area contributed by atoms with Crippen LogP contribution in [-0.2, 0) is 10.3 Å². The van der Waals surface area contributed by atoms with E-state index in [-0.39, 0.29) is 0 Å². The molecule has 0 amide bonds. The molecule has 2 rings (SSSR count). The molecule has 0 aromatic heterocycles. The van der Waals surface area contributed by atoms with Crippen LogP contribution < -0.4 is 0 Å². The molecule has 0 saturated carbocycles. The number of benzene rings is 1. The summed E-state index contributed by atoms with van der Waals surface area (Å²) in [6.45, 7) is 2.71. The lowest BCUT2D eigenvalue weighted by Crippen LogP contribution is -2.23. The zero-order chi connectivity index (χ0) is 12.3. The second-order valence-corrected chi connectivity index (χ2v) is 5.39. The minimum atomic E-state index is -0.823. The Morgan fingerprint density at radius 3 is 3.00 bits per heavy atom. The number of rotatable bonds is 4. The molecule has 2 atom stereocenters. The highest BCUT2D eigenvalue weighted by molar-refractivity contribution is 6.30. The smallest absolute Gasteiger partial charge is 0.0870 e. The molecule has 0 radical (unpaired) electrons. The van der Waals surface area contributed by atoms with Crippen LogP contribution in [0.5, 0.6) is 0 Å². The van der Waals surface area contributed by atoms with Gasteiger partial charge in [-0.25, -0.2) is 0 Å². The fraction of sp³-hybridized carbons (Fsp3) is 0.571. The topological polar surface area (TPSA) is 29.5 Å². The molecule has 0 spiro atoms. The Morgan fingerprint density at radius 2 is 2.35 bits per heavy atom. The summed E-state index contributed by atoms with van der Waals surface area (Å²) in [5, 5.41) is 11.1. The summed E-state index contributed by atoms with van der Waals surface area (Å²) in [6, 6.07) is 7.44. The SMILES string of the molecule is CC(O)(CCC1CCCO1)c1cccc(Cl)c1. The van der Waals surface area contributed by atoms with Crippen LogP contribution in [0.3, 0.4) is 0 Å². The van der Waals surface area contributed by atoms with E-state index in [2.05, 4.69) is 0 Å². The minimum Gasteiger partial charge on any atom is -0.385 e. The average molecular weight is 255 g/mol. The van der Waals surface area contributed by atoms with Gasteiger partial charge in [-0.3, -0.25) is 0 Å². The first-order valence-electron chi connectivity index (χ1n) is 6.18. The van der Waals surface area contributed by atoms with Crippen molar-refractivity contribution in [1.82, 2.24) is 0 Å². The normalized spacial score (nSPS) is 23.6. The van der Waals surface area contributed by atoms with Gasteiger partial charge in [0.05, 0.1) is 11.7 Å². The molecule has 1 fully saturated rings. The summed E-state index contributed by atoms with van der Waals surface area (Å²) in [5.74, 6) is 0. The highest BCUT2D eigenvalue weighted by atomic mass is 35.5. The van der Waals surface area contributed by atoms with Crippen molar-refractivity contribution in [1.29, 1.82) is 0 Å². The Labute approximate surface area is 108 Å². The van der Waals surface area contributed by atoms with Gasteiger partial charge in [0.15, 0.2) is 0 Å². The maximum atomic E-state index is 10.5. The molecular weight excluding hydrogens is 236 g/mol. The molecule has 94 valence electrons. The molecule has 0 aliphatic carbocycles. The van der Waals surface area contributed by atoms with E-state index in [1.54, 1.807) is 0 Å². The van der Waals surface area contributed by atoms with Crippen molar-refractivity contribution in [3.05, 3.63) is 34.9 Å². The van der Waals surface area contributed by atoms with Gasteiger partial charge in [0.2, 0.25) is 0 Å². The minimum absolute atomic E-state index is 0.320. The number of halogens is 1. The van der Waals surface area contributed by atoms with Crippen molar-refractivity contribution in [2.24, 2.45) is 0 Å². The van der Waals surface area contributed by atoms with Crippen LogP contribution in [0.4, 0.5) is 0 Å². The zero-order valence-corrected chi connectivity index (χ0v) is 10.9. The first-order chi connectivity index (χ1) is 8.08. The van der Waals surface area contributed by atoms with Gasteiger partial charge in [0.1, 0.15) is 0 Å². The summed E-state index contributed by atoms with van der Waals surface area (Å²) in [5.41, 5.74) is 0.0552. The van der Waals surface area contributed by atoms with E-state index >= 15 is 0 Å². The maximum absolute atomic E-state index is 10.5. The van der Waals surface area contributed by atoms with Gasteiger partial charge in [-0.1, -0.05) is 23.7 Å². The second kappa shape index (κ2) is 5.38. The molecule has 1 saturated heterocycles. The molecule has 1 aliphatic rings. The number of hydrogen-bond acceptors (Lipinski definition) is 2. The molecule has 1 aromatic rings. The van der Waals surface area contributed by atoms with Gasteiger partial charge >= 0.3 is 0 Å². The third kappa shape index (κ3) is 3.44. The van der Waals surface area contributed by atoms with Crippen molar-refractivity contribution in [3.8, 4) is 0 Å². The van der Waals surface area contributed by atoms with E-state index in [0.717, 1.165) is 31.4 Å². The molecule has 1 heterocycles. The van der Waals surface area contributed by atoms with E-state index in [9.17, 15) is 5.11 Å². The number of ether oxygens (including phenoxy) is 1. The highest BCUT2D eigenvalue weighted by Crippen LogP contribution is 2.30. The lowest BCUT2D eigenvalue weighted by molar-refractivity contribution is 0.0221. The van der Waals surface area contributed by atoms with Crippen molar-refractivity contribution in [2.45, 2.75) is 44.3 Å². The Hall–Kier alpha value is -0.570. The molecule has 2 nitrogen and oxygen atoms in total. The van der Waals surface area contributed by atoms with Gasteiger partial charge in [-0.2, -0.15) is 0 Å². The molecule has 0 bridgehead atoms. The Kier molecular flexibility index (Phi) is 4.08. The quantitative estimate of drug-likeness (QED) is 0.891. The van der Waals surface area contributed by atoms with Gasteiger partial charge < -0.3 is 9.84 Å². The molecule has 1 aliphatic heterocycles. The standard InChI is InChI=1S/C14H19ClO2/c1-14(16,8-7-13-6-3-9-17-13)11-4-2-5-12(15)10-11/h2,4-5,10,13,16H,3,6-9H2,1H3. The third-order valence-electron chi connectivity index (χ3n) is 3.42. The maximum Gasteiger partial charge on any atom is 0.0870 e. The van der Waals surface area contributed by atoms with Gasteiger partial charge in [0, 0.05) is 11.6 Å². The Bertz CT molecular complexity index is 370. The predicted octanol–water partition coefficient (Wildman–Crippen LogP) is 3.51. The van der Waals surface area contributed by atoms with Crippen LogP contribution >= 0.6 is 11.6 Å². The monoisotopic (exact) mass is 254 g/mol. The van der Waals surface area contributed by atoms with Crippen LogP contribution in [-0.4, -0.2) is 17.8 Å². The fourth-order valence-electron chi connectivity index (χ4n) is 2.28. The van der Waals surface area contributed by atoms with E-state index in [1.165, 1.54) is 0 Å². The van der Waals surface area contributed by atoms with E-state index in [0.29, 0.717) is 17.5 Å². The molecule has 1 N–H and O–H groups in total. The number of hydrogen-bond donors (Lipinski definition) is 1. The average Bonchev–Trinajstić information content (AvgIpc) is 2.79. The van der Waals surface area contributed by atoms with Gasteiger partial charge in [-0.15, -0.1) is 0 Å². The van der Waals surface area contributed by atoms with Crippen molar-refractivity contribution < 1.29 is 9.84 Å². The molecular formula is C14H19ClO2. The molecule has 1 aromatic carbocycles. The fourth-order valence-corrected chi connectivity index (χ4v) is 2.47. The summed E-state index contributed by atoms with van der Waals surface area (Å²) in [6.07, 6.45) is 4.19. The summed E-state index contributed by atoms with van der Waals surface area (Å²) in [7, 11) is 0. The first-order valence-corrected chi connectivity index (χ1v) is 6.56. The lowest BCUT2D eigenvalue weighted by atomic mass is 9.89. The van der Waals surface area contributed by atoms with Crippen molar-refractivity contribution >= 4 is 11.6 Å². The highest BCUT2D eigenvalue weighted by Gasteiger charge is 2.26. The Balaban J connectivity index is 1.97. The predicted molar refractivity (Wildman–Crippen MR) is 69.2 cm³/mol. The summed E-state index contributed by atoms with van der Waals surface area (Å²) in [4.78, 5) is 0. The van der Waals surface area contributed by atoms with Crippen LogP contribution in [0.15, 0.2) is 24.3 Å². The van der Waals surface area contributed by atoms with E-state index < -0.39 is 5.60 Å². The Morgan fingerprint density at radius 1 is 1.53 bits per heavy atom.